The summed E-state index contributed by atoms with van der Waals surface area (Å²) in [7, 11) is 0. The molecular weight excluding hydrogens is 219 g/mol. The van der Waals surface area contributed by atoms with E-state index >= 15 is 0 Å². The van der Waals surface area contributed by atoms with Crippen LogP contribution in [0.5, 0.6) is 0 Å². The lowest BCUT2D eigenvalue weighted by Crippen LogP contribution is -2.05. The Kier molecular flexibility index (Phi) is 14.4. The lowest BCUT2D eigenvalue weighted by Gasteiger charge is -2.04. The zero-order valence-electron chi connectivity index (χ0n) is 11.3. The highest BCUT2D eigenvalue weighted by molar-refractivity contribution is 5.86. The molecule has 2 nitrogen and oxygen atoms in total. The molecule has 0 saturated heterocycles. The van der Waals surface area contributed by atoms with Crippen molar-refractivity contribution in [2.45, 2.75) is 65.2 Å². The quantitative estimate of drug-likeness (QED) is 0.324. The minimum atomic E-state index is -0.261. The third-order valence-corrected chi connectivity index (χ3v) is 2.58. The molecule has 17 heavy (non-hydrogen) atoms. The zero-order valence-corrected chi connectivity index (χ0v) is 11.3. The zero-order chi connectivity index (χ0) is 12.2. The van der Waals surface area contributed by atoms with Crippen LogP contribution in [0.15, 0.2) is 12.2 Å². The molecule has 3 heteroatoms. The maximum Gasteiger partial charge on any atom is 0.333 e. The molecule has 0 rings (SSSR count). The second-order valence-electron chi connectivity index (χ2n) is 4.39. The van der Waals surface area contributed by atoms with Crippen LogP contribution in [0, 0.1) is 0 Å². The fraction of sp³-hybridized carbons (Fsp3) is 0.786. The van der Waals surface area contributed by atoms with Crippen molar-refractivity contribution in [1.82, 2.24) is 0 Å². The number of carbonyl (C=O) groups excluding carboxylic acids is 1. The van der Waals surface area contributed by atoms with Gasteiger partial charge in [0.05, 0.1) is 6.61 Å². The van der Waals surface area contributed by atoms with E-state index in [-0.39, 0.29) is 10.7 Å². The number of ether oxygens (including phenoxy) is 1. The molecule has 0 bridgehead atoms. The van der Waals surface area contributed by atoms with E-state index in [0.717, 1.165) is 12.8 Å². The van der Waals surface area contributed by atoms with Gasteiger partial charge in [-0.25, -0.2) is 4.79 Å². The number of hydrogen-bond acceptors (Lipinski definition) is 2. The lowest BCUT2D eigenvalue weighted by atomic mass is 10.1. The molecule has 0 radical (unpaired) electrons. The Labute approximate surface area is 105 Å². The highest BCUT2D eigenvalue weighted by atomic mass is 19.0. The van der Waals surface area contributed by atoms with E-state index in [1.54, 1.807) is 6.92 Å². The van der Waals surface area contributed by atoms with Crippen LogP contribution < -0.4 is 0 Å². The molecule has 0 atom stereocenters. The fourth-order valence-electron chi connectivity index (χ4n) is 1.52. The van der Waals surface area contributed by atoms with E-state index in [4.69, 9.17) is 4.74 Å². The molecule has 0 spiro atoms. The van der Waals surface area contributed by atoms with Gasteiger partial charge in [-0.15, -0.1) is 0 Å². The van der Waals surface area contributed by atoms with Gasteiger partial charge >= 0.3 is 5.97 Å². The summed E-state index contributed by atoms with van der Waals surface area (Å²) >= 11 is 0. The van der Waals surface area contributed by atoms with Crippen LogP contribution in [0.1, 0.15) is 65.2 Å². The molecule has 0 aromatic rings. The minimum absolute atomic E-state index is 0. The van der Waals surface area contributed by atoms with Crippen molar-refractivity contribution in [3.8, 4) is 0 Å². The largest absolute Gasteiger partial charge is 0.462 e. The van der Waals surface area contributed by atoms with Crippen molar-refractivity contribution >= 4 is 5.97 Å². The highest BCUT2D eigenvalue weighted by Gasteiger charge is 2.01. The van der Waals surface area contributed by atoms with Crippen LogP contribution in [-0.4, -0.2) is 12.6 Å². The van der Waals surface area contributed by atoms with Crippen molar-refractivity contribution in [3.63, 3.8) is 0 Å². The highest BCUT2D eigenvalue weighted by Crippen LogP contribution is 2.08. The SMILES string of the molecule is C=C(C)C(=O)OCCCCCCCCCC.F. The predicted molar refractivity (Wildman–Crippen MR) is 70.9 cm³/mol. The smallest absolute Gasteiger partial charge is 0.333 e. The van der Waals surface area contributed by atoms with Crippen LogP contribution in [0.3, 0.4) is 0 Å². The summed E-state index contributed by atoms with van der Waals surface area (Å²) in [5.41, 5.74) is 0.486. The van der Waals surface area contributed by atoms with Gasteiger partial charge in [-0.2, -0.15) is 0 Å². The molecule has 0 aromatic heterocycles. The maximum absolute atomic E-state index is 11.0. The van der Waals surface area contributed by atoms with Gasteiger partial charge in [0.15, 0.2) is 0 Å². The Morgan fingerprint density at radius 3 is 1.94 bits per heavy atom. The third-order valence-electron chi connectivity index (χ3n) is 2.58. The summed E-state index contributed by atoms with van der Waals surface area (Å²) in [5.74, 6) is -0.261. The van der Waals surface area contributed by atoms with Gasteiger partial charge in [0.25, 0.3) is 0 Å². The molecule has 0 heterocycles. The number of unbranched alkanes of at least 4 members (excludes halogenated alkanes) is 7. The second kappa shape index (κ2) is 13.2. The van der Waals surface area contributed by atoms with Gasteiger partial charge in [0.2, 0.25) is 0 Å². The summed E-state index contributed by atoms with van der Waals surface area (Å²) in [5, 5.41) is 0. The van der Waals surface area contributed by atoms with Crippen LogP contribution in [0.2, 0.25) is 0 Å². The molecule has 0 aliphatic heterocycles. The van der Waals surface area contributed by atoms with Crippen molar-refractivity contribution in [3.05, 3.63) is 12.2 Å². The number of halogens is 1. The first-order valence-electron chi connectivity index (χ1n) is 6.51. The molecule has 0 N–H and O–H groups in total. The first-order chi connectivity index (χ1) is 7.68. The number of rotatable bonds is 10. The van der Waals surface area contributed by atoms with Gasteiger partial charge < -0.3 is 4.74 Å². The van der Waals surface area contributed by atoms with Gasteiger partial charge in [0.1, 0.15) is 0 Å². The Morgan fingerprint density at radius 2 is 1.47 bits per heavy atom. The maximum atomic E-state index is 11.0. The predicted octanol–water partition coefficient (Wildman–Crippen LogP) is 4.40. The second-order valence-corrected chi connectivity index (χ2v) is 4.39. The fourth-order valence-corrected chi connectivity index (χ4v) is 1.52. The monoisotopic (exact) mass is 246 g/mol. The van der Waals surface area contributed by atoms with Crippen molar-refractivity contribution < 1.29 is 14.2 Å². The summed E-state index contributed by atoms with van der Waals surface area (Å²) < 4.78 is 5.01. The first-order valence-corrected chi connectivity index (χ1v) is 6.51. The molecular formula is C14H27FO2. The summed E-state index contributed by atoms with van der Waals surface area (Å²) in [6.07, 6.45) is 10.1. The normalized spacial score (nSPS) is 9.53. The van der Waals surface area contributed by atoms with Crippen molar-refractivity contribution in [1.29, 1.82) is 0 Å². The summed E-state index contributed by atoms with van der Waals surface area (Å²) in [4.78, 5) is 11.0. The number of hydrogen-bond donors (Lipinski definition) is 0. The average Bonchev–Trinajstić information content (AvgIpc) is 2.26. The van der Waals surface area contributed by atoms with E-state index in [1.165, 1.54) is 38.5 Å². The van der Waals surface area contributed by atoms with Crippen molar-refractivity contribution in [2.75, 3.05) is 6.61 Å². The van der Waals surface area contributed by atoms with E-state index in [2.05, 4.69) is 13.5 Å². The standard InChI is InChI=1S/C14H26O2.FH/c1-4-5-6-7-8-9-10-11-12-16-14(15)13(2)3;/h2,4-12H2,1,3H3;1H. The van der Waals surface area contributed by atoms with E-state index in [1.807, 2.05) is 0 Å². The van der Waals surface area contributed by atoms with Crippen molar-refractivity contribution in [2.24, 2.45) is 0 Å². The molecule has 0 unspecified atom stereocenters. The Morgan fingerprint density at radius 1 is 1.00 bits per heavy atom. The molecule has 102 valence electrons. The topological polar surface area (TPSA) is 26.3 Å². The van der Waals surface area contributed by atoms with Gasteiger partial charge in [-0.05, 0) is 13.3 Å². The molecule has 0 saturated carbocycles. The summed E-state index contributed by atoms with van der Waals surface area (Å²) in [6.45, 7) is 7.99. The van der Waals surface area contributed by atoms with Crippen LogP contribution in [0.25, 0.3) is 0 Å². The lowest BCUT2D eigenvalue weighted by molar-refractivity contribution is -0.139. The first kappa shape index (κ1) is 18.5. The molecule has 0 amide bonds. The van der Waals surface area contributed by atoms with Gasteiger partial charge in [-0.3, -0.25) is 4.70 Å². The van der Waals surface area contributed by atoms with E-state index in [9.17, 15) is 4.79 Å². The molecule has 0 aromatic carbocycles. The molecule has 0 aliphatic rings. The summed E-state index contributed by atoms with van der Waals surface area (Å²) in [6, 6.07) is 0. The minimum Gasteiger partial charge on any atom is -0.462 e. The van der Waals surface area contributed by atoms with Crippen LogP contribution in [-0.2, 0) is 9.53 Å². The van der Waals surface area contributed by atoms with E-state index in [0.29, 0.717) is 12.2 Å². The van der Waals surface area contributed by atoms with E-state index < -0.39 is 0 Å². The molecule has 0 fully saturated rings. The van der Waals surface area contributed by atoms with Crippen LogP contribution in [0.4, 0.5) is 4.70 Å². The third kappa shape index (κ3) is 13.1. The number of carbonyl (C=O) groups is 1. The van der Waals surface area contributed by atoms with Gasteiger partial charge in [-0.1, -0.05) is 58.4 Å². The Hall–Kier alpha value is -0.860. The molecule has 0 aliphatic carbocycles. The Bertz CT molecular complexity index is 202. The number of esters is 1. The average molecular weight is 246 g/mol. The Balaban J connectivity index is 0. The van der Waals surface area contributed by atoms with Crippen LogP contribution >= 0.6 is 0 Å². The van der Waals surface area contributed by atoms with Gasteiger partial charge in [0, 0.05) is 5.57 Å².